The second-order valence-electron chi connectivity index (χ2n) is 4.43. The van der Waals surface area contributed by atoms with Crippen molar-refractivity contribution >= 4 is 17.4 Å². The number of carbonyl (C=O) groups is 1. The molecule has 2 aromatic rings. The Labute approximate surface area is 123 Å². The topological polar surface area (TPSA) is 17.1 Å². The maximum absolute atomic E-state index is 13.3. The Bertz CT molecular complexity index is 680. The lowest BCUT2D eigenvalue weighted by Gasteiger charge is -2.08. The van der Waals surface area contributed by atoms with Gasteiger partial charge in [0, 0.05) is 12.0 Å². The smallest absolute Gasteiger partial charge is 0.294 e. The highest BCUT2D eigenvalue weighted by molar-refractivity contribution is 6.30. The van der Waals surface area contributed by atoms with Gasteiger partial charge in [0.15, 0.2) is 5.78 Å². The third-order valence-electron chi connectivity index (χ3n) is 2.86. The molecule has 2 rings (SSSR count). The molecule has 0 aromatic heterocycles. The van der Waals surface area contributed by atoms with Crippen LogP contribution in [0.1, 0.15) is 21.5 Å². The molecule has 0 bridgehead atoms. The molecular formula is C15H9ClF4O. The molecule has 0 spiro atoms. The number of benzene rings is 2. The summed E-state index contributed by atoms with van der Waals surface area (Å²) in [5.41, 5.74) is -0.616. The molecule has 2 aromatic carbocycles. The molecular weight excluding hydrogens is 308 g/mol. The van der Waals surface area contributed by atoms with E-state index in [1.165, 1.54) is 24.3 Å². The highest BCUT2D eigenvalue weighted by Gasteiger charge is 2.30. The first-order valence-corrected chi connectivity index (χ1v) is 6.29. The summed E-state index contributed by atoms with van der Waals surface area (Å²) in [4.78, 5) is 12.0. The van der Waals surface area contributed by atoms with Crippen LogP contribution >= 0.6 is 11.6 Å². The Morgan fingerprint density at radius 2 is 1.81 bits per heavy atom. The second kappa shape index (κ2) is 5.85. The molecule has 0 atom stereocenters. The lowest BCUT2D eigenvalue weighted by molar-refractivity contribution is -0.137. The molecule has 0 aliphatic rings. The summed E-state index contributed by atoms with van der Waals surface area (Å²) in [6.45, 7) is 0. The Hall–Kier alpha value is -1.88. The van der Waals surface area contributed by atoms with Gasteiger partial charge in [0.25, 0.3) is 0 Å². The predicted molar refractivity (Wildman–Crippen MR) is 70.9 cm³/mol. The minimum absolute atomic E-state index is 0.0693. The first kappa shape index (κ1) is 15.5. The highest BCUT2D eigenvalue weighted by atomic mass is 35.5. The molecule has 6 heteroatoms. The van der Waals surface area contributed by atoms with Crippen LogP contribution in [0.4, 0.5) is 17.6 Å². The minimum atomic E-state index is -4.51. The molecule has 0 amide bonds. The van der Waals surface area contributed by atoms with E-state index in [2.05, 4.69) is 0 Å². The quantitative estimate of drug-likeness (QED) is 0.580. The molecule has 0 heterocycles. The van der Waals surface area contributed by atoms with E-state index in [0.717, 1.165) is 18.2 Å². The van der Waals surface area contributed by atoms with E-state index in [1.54, 1.807) is 0 Å². The fourth-order valence-electron chi connectivity index (χ4n) is 1.81. The zero-order valence-corrected chi connectivity index (χ0v) is 11.3. The van der Waals surface area contributed by atoms with Gasteiger partial charge >= 0.3 is 6.18 Å². The van der Waals surface area contributed by atoms with E-state index >= 15 is 0 Å². The zero-order chi connectivity index (χ0) is 15.6. The van der Waals surface area contributed by atoms with Gasteiger partial charge in [-0.2, -0.15) is 13.2 Å². The summed E-state index contributed by atoms with van der Waals surface area (Å²) in [7, 11) is 0. The molecule has 0 unspecified atom stereocenters. The van der Waals surface area contributed by atoms with E-state index in [4.69, 9.17) is 11.6 Å². The first-order chi connectivity index (χ1) is 9.77. The number of ketones is 1. The van der Waals surface area contributed by atoms with Crippen LogP contribution in [-0.2, 0) is 12.6 Å². The fraction of sp³-hybridized carbons (Fsp3) is 0.133. The average molecular weight is 317 g/mol. The molecule has 0 aliphatic heterocycles. The van der Waals surface area contributed by atoms with Crippen molar-refractivity contribution < 1.29 is 22.4 Å². The Morgan fingerprint density at radius 3 is 2.43 bits per heavy atom. The van der Waals surface area contributed by atoms with Gasteiger partial charge in [-0.1, -0.05) is 29.8 Å². The van der Waals surface area contributed by atoms with Gasteiger partial charge in [-0.3, -0.25) is 4.79 Å². The van der Waals surface area contributed by atoms with Crippen molar-refractivity contribution in [2.45, 2.75) is 12.6 Å². The Balaban J connectivity index is 2.22. The normalized spacial score (nSPS) is 11.5. The summed E-state index contributed by atoms with van der Waals surface area (Å²) >= 11 is 5.52. The Morgan fingerprint density at radius 1 is 1.10 bits per heavy atom. The third-order valence-corrected chi connectivity index (χ3v) is 3.17. The fourth-order valence-corrected chi connectivity index (χ4v) is 1.92. The van der Waals surface area contributed by atoms with E-state index in [9.17, 15) is 22.4 Å². The second-order valence-corrected chi connectivity index (χ2v) is 4.83. The number of hydrogen-bond donors (Lipinski definition) is 0. The number of Topliss-reactive ketones (excluding diaryl/α,β-unsaturated/α-hetero) is 1. The van der Waals surface area contributed by atoms with Gasteiger partial charge in [-0.25, -0.2) is 4.39 Å². The van der Waals surface area contributed by atoms with E-state index in [1.807, 2.05) is 0 Å². The van der Waals surface area contributed by atoms with Crippen LogP contribution in [0.2, 0.25) is 5.02 Å². The van der Waals surface area contributed by atoms with Gasteiger partial charge in [0.05, 0.1) is 10.6 Å². The SMILES string of the molecule is O=C(Cc1ccc(Cl)c(F)c1)c1cccc(C(F)(F)F)c1. The summed E-state index contributed by atoms with van der Waals surface area (Å²) in [5, 5.41) is -0.0785. The van der Waals surface area contributed by atoms with Crippen LogP contribution in [-0.4, -0.2) is 5.78 Å². The average Bonchev–Trinajstić information content (AvgIpc) is 2.42. The number of carbonyl (C=O) groups excluding carboxylic acids is 1. The van der Waals surface area contributed by atoms with E-state index < -0.39 is 23.3 Å². The van der Waals surface area contributed by atoms with Gasteiger partial charge in [-0.15, -0.1) is 0 Å². The van der Waals surface area contributed by atoms with Crippen LogP contribution in [0.3, 0.4) is 0 Å². The van der Waals surface area contributed by atoms with E-state index in [-0.39, 0.29) is 17.0 Å². The third kappa shape index (κ3) is 3.82. The zero-order valence-electron chi connectivity index (χ0n) is 10.5. The summed E-state index contributed by atoms with van der Waals surface area (Å²) in [6, 6.07) is 7.98. The molecule has 0 radical (unpaired) electrons. The molecule has 0 saturated heterocycles. The predicted octanol–water partition coefficient (Wildman–Crippen LogP) is 4.92. The van der Waals surface area contributed by atoms with E-state index in [0.29, 0.717) is 5.56 Å². The van der Waals surface area contributed by atoms with Crippen LogP contribution in [0.25, 0.3) is 0 Å². The van der Waals surface area contributed by atoms with Crippen molar-refractivity contribution in [3.63, 3.8) is 0 Å². The van der Waals surface area contributed by atoms with Gasteiger partial charge in [-0.05, 0) is 29.8 Å². The number of alkyl halides is 3. The van der Waals surface area contributed by atoms with Gasteiger partial charge in [0.2, 0.25) is 0 Å². The van der Waals surface area contributed by atoms with Gasteiger partial charge < -0.3 is 0 Å². The number of rotatable bonds is 3. The van der Waals surface area contributed by atoms with Crippen LogP contribution < -0.4 is 0 Å². The summed E-state index contributed by atoms with van der Waals surface area (Å²) < 4.78 is 51.0. The summed E-state index contributed by atoms with van der Waals surface area (Å²) in [6.07, 6.45) is -4.71. The van der Waals surface area contributed by atoms with Crippen molar-refractivity contribution in [3.05, 3.63) is 70.0 Å². The van der Waals surface area contributed by atoms with Gasteiger partial charge in [0.1, 0.15) is 5.82 Å². The molecule has 0 fully saturated rings. The molecule has 21 heavy (non-hydrogen) atoms. The van der Waals surface area contributed by atoms with Crippen molar-refractivity contribution in [2.75, 3.05) is 0 Å². The monoisotopic (exact) mass is 316 g/mol. The molecule has 0 saturated carbocycles. The minimum Gasteiger partial charge on any atom is -0.294 e. The summed E-state index contributed by atoms with van der Waals surface area (Å²) in [5.74, 6) is -1.20. The van der Waals surface area contributed by atoms with Crippen molar-refractivity contribution in [3.8, 4) is 0 Å². The first-order valence-electron chi connectivity index (χ1n) is 5.92. The Kier molecular flexibility index (Phi) is 4.32. The maximum Gasteiger partial charge on any atom is 0.416 e. The number of hydrogen-bond acceptors (Lipinski definition) is 1. The molecule has 0 aliphatic carbocycles. The molecule has 1 nitrogen and oxygen atoms in total. The molecule has 110 valence electrons. The van der Waals surface area contributed by atoms with Crippen LogP contribution in [0.5, 0.6) is 0 Å². The maximum atomic E-state index is 13.3. The largest absolute Gasteiger partial charge is 0.416 e. The van der Waals surface area contributed by atoms with Crippen molar-refractivity contribution in [1.29, 1.82) is 0 Å². The van der Waals surface area contributed by atoms with Crippen LogP contribution in [0.15, 0.2) is 42.5 Å². The highest BCUT2D eigenvalue weighted by Crippen LogP contribution is 2.29. The van der Waals surface area contributed by atoms with Crippen molar-refractivity contribution in [1.82, 2.24) is 0 Å². The number of halogens is 5. The van der Waals surface area contributed by atoms with Crippen LogP contribution in [0, 0.1) is 5.82 Å². The van der Waals surface area contributed by atoms with Crippen molar-refractivity contribution in [2.24, 2.45) is 0 Å². The molecule has 0 N–H and O–H groups in total. The lowest BCUT2D eigenvalue weighted by atomic mass is 10.0. The standard InChI is InChI=1S/C15H9ClF4O/c16-12-5-4-9(6-13(12)17)7-14(21)10-2-1-3-11(8-10)15(18,19)20/h1-6,8H,7H2. The lowest BCUT2D eigenvalue weighted by Crippen LogP contribution is -2.09.